The summed E-state index contributed by atoms with van der Waals surface area (Å²) in [7, 11) is 0. The number of aliphatic imine (C=N–C) groups is 1. The van der Waals surface area contributed by atoms with Crippen molar-refractivity contribution in [3.8, 4) is 0 Å². The summed E-state index contributed by atoms with van der Waals surface area (Å²) >= 11 is 0. The number of aliphatic hydroxyl groups excluding tert-OH is 1. The monoisotopic (exact) mass is 338 g/mol. The Hall–Kier alpha value is -0.410. The molecule has 0 aromatic rings. The minimum atomic E-state index is -0.371. The van der Waals surface area contributed by atoms with Crippen molar-refractivity contribution in [3.63, 3.8) is 0 Å². The summed E-state index contributed by atoms with van der Waals surface area (Å²) < 4.78 is 0. The smallest absolute Gasteiger partial charge is 0.106 e. The first-order chi connectivity index (χ1) is 11.8. The Balaban J connectivity index is 1.79. The van der Waals surface area contributed by atoms with E-state index < -0.39 is 0 Å². The average molecular weight is 339 g/mol. The van der Waals surface area contributed by atoms with Gasteiger partial charge in [-0.2, -0.15) is 0 Å². The molecule has 3 nitrogen and oxygen atoms in total. The molecule has 0 radical (unpaired) electrons. The minimum Gasteiger partial charge on any atom is -0.379 e. The lowest BCUT2D eigenvalue weighted by Crippen LogP contribution is -2.37. The third-order valence-electron chi connectivity index (χ3n) is 5.25. The van der Waals surface area contributed by atoms with Gasteiger partial charge in [0.25, 0.3) is 0 Å². The summed E-state index contributed by atoms with van der Waals surface area (Å²) in [4.78, 5) is 6.55. The Bertz CT molecular complexity index is 304. The largest absolute Gasteiger partial charge is 0.379 e. The molecule has 24 heavy (non-hydrogen) atoms. The van der Waals surface area contributed by atoms with E-state index in [1.807, 2.05) is 13.1 Å². The Morgan fingerprint density at radius 2 is 1.33 bits per heavy atom. The summed E-state index contributed by atoms with van der Waals surface area (Å²) in [5.74, 6) is 0. The molecule has 2 atom stereocenters. The zero-order valence-electron chi connectivity index (χ0n) is 16.4. The summed E-state index contributed by atoms with van der Waals surface area (Å²) in [6, 6.07) is 0. The van der Waals surface area contributed by atoms with Crippen LogP contribution >= 0.6 is 0 Å². The van der Waals surface area contributed by atoms with Gasteiger partial charge in [-0.15, -0.1) is 0 Å². The van der Waals surface area contributed by atoms with Crippen LogP contribution < -0.4 is 0 Å². The topological polar surface area (TPSA) is 35.8 Å². The fraction of sp³-hybridized carbons (Fsp3) is 0.952. The van der Waals surface area contributed by atoms with Crippen molar-refractivity contribution < 1.29 is 5.11 Å². The van der Waals surface area contributed by atoms with Crippen LogP contribution in [0.4, 0.5) is 0 Å². The van der Waals surface area contributed by atoms with E-state index in [9.17, 15) is 5.11 Å². The molecule has 0 amide bonds. The number of aliphatic hydroxyl groups is 1. The highest BCUT2D eigenvalue weighted by Crippen LogP contribution is 2.18. The molecule has 0 aromatic heterocycles. The lowest BCUT2D eigenvalue weighted by Gasteiger charge is -2.25. The molecular weight excluding hydrogens is 296 g/mol. The molecule has 1 aliphatic heterocycles. The Kier molecular flexibility index (Phi) is 13.4. The predicted molar refractivity (Wildman–Crippen MR) is 106 cm³/mol. The van der Waals surface area contributed by atoms with E-state index in [2.05, 4.69) is 16.8 Å². The van der Waals surface area contributed by atoms with Crippen molar-refractivity contribution in [1.82, 2.24) is 4.90 Å². The van der Waals surface area contributed by atoms with Gasteiger partial charge in [0.1, 0.15) is 12.4 Å². The van der Waals surface area contributed by atoms with Gasteiger partial charge in [0.2, 0.25) is 0 Å². The molecule has 3 heteroatoms. The van der Waals surface area contributed by atoms with Gasteiger partial charge < -0.3 is 5.11 Å². The number of rotatable bonds is 16. The van der Waals surface area contributed by atoms with Crippen molar-refractivity contribution in [2.45, 2.75) is 123 Å². The van der Waals surface area contributed by atoms with Gasteiger partial charge in [0.15, 0.2) is 0 Å². The van der Waals surface area contributed by atoms with Gasteiger partial charge in [-0.1, -0.05) is 90.4 Å². The first kappa shape index (κ1) is 21.6. The number of nitrogens with zero attached hydrogens (tertiary/aromatic N) is 2. The molecule has 1 aliphatic rings. The maximum atomic E-state index is 9.68. The van der Waals surface area contributed by atoms with Crippen LogP contribution in [-0.2, 0) is 0 Å². The van der Waals surface area contributed by atoms with Gasteiger partial charge >= 0.3 is 0 Å². The Labute approximate surface area is 150 Å². The molecular formula is C21H42N2O. The minimum absolute atomic E-state index is 0.224. The lowest BCUT2D eigenvalue weighted by molar-refractivity contribution is 0.00710. The van der Waals surface area contributed by atoms with E-state index in [4.69, 9.17) is 0 Å². The van der Waals surface area contributed by atoms with E-state index in [0.29, 0.717) is 0 Å². The van der Waals surface area contributed by atoms with Crippen LogP contribution in [0.5, 0.6) is 0 Å². The van der Waals surface area contributed by atoms with Crippen LogP contribution in [0.15, 0.2) is 4.99 Å². The number of hydrogen-bond donors (Lipinski definition) is 1. The van der Waals surface area contributed by atoms with Crippen molar-refractivity contribution in [2.24, 2.45) is 4.99 Å². The van der Waals surface area contributed by atoms with Crippen molar-refractivity contribution in [1.29, 1.82) is 0 Å². The molecule has 142 valence electrons. The maximum Gasteiger partial charge on any atom is 0.106 e. The third kappa shape index (κ3) is 10.5. The van der Waals surface area contributed by atoms with Crippen LogP contribution in [0.25, 0.3) is 0 Å². The van der Waals surface area contributed by atoms with Gasteiger partial charge in [-0.25, -0.2) is 0 Å². The molecule has 0 bridgehead atoms. The molecule has 0 aromatic carbocycles. The standard InChI is InChI=1S/C21H42N2O/c1-3-4-5-6-7-8-9-10-11-12-13-14-15-16-17-21-22-18-19-23(21)20(2)24/h18,20-21,24H,3-17,19H2,1-2H3. The van der Waals surface area contributed by atoms with Crippen LogP contribution in [0, 0.1) is 0 Å². The fourth-order valence-electron chi connectivity index (χ4n) is 3.63. The van der Waals surface area contributed by atoms with Crippen molar-refractivity contribution in [3.05, 3.63) is 0 Å². The molecule has 1 N–H and O–H groups in total. The highest BCUT2D eigenvalue weighted by atomic mass is 16.3. The molecule has 0 saturated carbocycles. The predicted octanol–water partition coefficient (Wildman–Crippen LogP) is 5.91. The molecule has 0 spiro atoms. The zero-order chi connectivity index (χ0) is 17.5. The average Bonchev–Trinajstić information content (AvgIpc) is 3.04. The first-order valence-electron chi connectivity index (χ1n) is 10.7. The van der Waals surface area contributed by atoms with E-state index in [1.54, 1.807) is 0 Å². The van der Waals surface area contributed by atoms with Crippen molar-refractivity contribution >= 4 is 6.21 Å². The zero-order valence-corrected chi connectivity index (χ0v) is 16.4. The molecule has 1 heterocycles. The number of unbranched alkanes of at least 4 members (excludes halogenated alkanes) is 13. The highest BCUT2D eigenvalue weighted by Gasteiger charge is 2.23. The molecule has 0 saturated heterocycles. The van der Waals surface area contributed by atoms with Gasteiger partial charge in [-0.05, 0) is 19.8 Å². The van der Waals surface area contributed by atoms with Gasteiger partial charge in [0.05, 0.1) is 0 Å². The second kappa shape index (κ2) is 14.9. The quantitative estimate of drug-likeness (QED) is 0.355. The SMILES string of the molecule is CCCCCCCCCCCCCCCCC1N=CCN1C(C)O. The van der Waals surface area contributed by atoms with Crippen molar-refractivity contribution in [2.75, 3.05) is 6.54 Å². The lowest BCUT2D eigenvalue weighted by atomic mass is 10.0. The summed E-state index contributed by atoms with van der Waals surface area (Å²) in [6.45, 7) is 4.93. The van der Waals surface area contributed by atoms with E-state index in [0.717, 1.165) is 13.0 Å². The van der Waals surface area contributed by atoms with Crippen LogP contribution in [0.2, 0.25) is 0 Å². The fourth-order valence-corrected chi connectivity index (χ4v) is 3.63. The van der Waals surface area contributed by atoms with Crippen LogP contribution in [-0.4, -0.2) is 35.2 Å². The van der Waals surface area contributed by atoms with Gasteiger partial charge in [-0.3, -0.25) is 9.89 Å². The van der Waals surface area contributed by atoms with E-state index in [-0.39, 0.29) is 12.4 Å². The first-order valence-corrected chi connectivity index (χ1v) is 10.7. The van der Waals surface area contributed by atoms with Crippen LogP contribution in [0.3, 0.4) is 0 Å². The van der Waals surface area contributed by atoms with E-state index >= 15 is 0 Å². The molecule has 2 unspecified atom stereocenters. The highest BCUT2D eigenvalue weighted by molar-refractivity contribution is 5.62. The number of hydrogen-bond acceptors (Lipinski definition) is 3. The summed E-state index contributed by atoms with van der Waals surface area (Å²) in [5, 5.41) is 9.68. The maximum absolute atomic E-state index is 9.68. The molecule has 0 fully saturated rings. The van der Waals surface area contributed by atoms with Gasteiger partial charge in [0, 0.05) is 12.8 Å². The second-order valence-corrected chi connectivity index (χ2v) is 7.53. The van der Waals surface area contributed by atoms with Crippen LogP contribution in [0.1, 0.15) is 110 Å². The third-order valence-corrected chi connectivity index (χ3v) is 5.25. The molecule has 1 rings (SSSR count). The Morgan fingerprint density at radius 3 is 1.79 bits per heavy atom. The summed E-state index contributed by atoms with van der Waals surface area (Å²) in [5.41, 5.74) is 0. The Morgan fingerprint density at radius 1 is 0.875 bits per heavy atom. The van der Waals surface area contributed by atoms with E-state index in [1.165, 1.54) is 89.9 Å². The molecule has 0 aliphatic carbocycles. The normalized spacial score (nSPS) is 19.2. The second-order valence-electron chi connectivity index (χ2n) is 7.53. The summed E-state index contributed by atoms with van der Waals surface area (Å²) in [6.07, 6.45) is 22.5.